The van der Waals surface area contributed by atoms with Crippen LogP contribution in [0.15, 0.2) is 91.3 Å². The second-order valence-electron chi connectivity index (χ2n) is 13.8. The molecule has 2 aromatic heterocycles. The number of anilines is 1. The second kappa shape index (κ2) is 18.6. The van der Waals surface area contributed by atoms with Gasteiger partial charge in [-0.1, -0.05) is 67.9 Å². The van der Waals surface area contributed by atoms with Crippen molar-refractivity contribution in [3.05, 3.63) is 118 Å². The monoisotopic (exact) mass is 743 g/mol. The number of aromatic nitrogens is 4. The van der Waals surface area contributed by atoms with Crippen molar-refractivity contribution in [3.63, 3.8) is 0 Å². The highest BCUT2D eigenvalue weighted by Gasteiger charge is 2.24. The maximum absolute atomic E-state index is 12.5. The highest BCUT2D eigenvalue weighted by Crippen LogP contribution is 2.25. The number of ether oxygens (including phenoxy) is 1. The van der Waals surface area contributed by atoms with Crippen LogP contribution in [0.5, 0.6) is 5.75 Å². The first kappa shape index (κ1) is 40.0. The average molecular weight is 745 g/mol. The highest BCUT2D eigenvalue weighted by molar-refractivity contribution is 6.32. The number of phenolic OH excluding ortho intramolecular Hbond substituents is 1. The van der Waals surface area contributed by atoms with Crippen LogP contribution in [0.25, 0.3) is 22.5 Å². The van der Waals surface area contributed by atoms with E-state index in [9.17, 15) is 9.90 Å². The third kappa shape index (κ3) is 12.8. The zero-order valence-electron chi connectivity index (χ0n) is 30.7. The Labute approximate surface area is 316 Å². The fourth-order valence-corrected chi connectivity index (χ4v) is 5.26. The smallest absolute Gasteiger partial charge is 0.410 e. The molecule has 0 spiro atoms. The molecule has 1 amide bonds. The van der Waals surface area contributed by atoms with Crippen molar-refractivity contribution in [1.82, 2.24) is 30.2 Å². The van der Waals surface area contributed by atoms with Crippen molar-refractivity contribution in [3.8, 4) is 28.3 Å². The Morgan fingerprint density at radius 2 is 1.42 bits per heavy atom. The van der Waals surface area contributed by atoms with Crippen LogP contribution in [-0.4, -0.2) is 53.7 Å². The number of nitrogens with zero attached hydrogens (tertiary/aromatic N) is 5. The van der Waals surface area contributed by atoms with Gasteiger partial charge in [0.05, 0.1) is 16.4 Å². The Morgan fingerprint density at radius 3 is 2.04 bits per heavy atom. The summed E-state index contributed by atoms with van der Waals surface area (Å²) in [6, 6.07) is 25.5. The van der Waals surface area contributed by atoms with Gasteiger partial charge in [-0.15, -0.1) is 0 Å². The van der Waals surface area contributed by atoms with E-state index in [2.05, 4.69) is 56.5 Å². The van der Waals surface area contributed by atoms with E-state index in [1.54, 1.807) is 35.5 Å². The molecule has 2 heterocycles. The minimum atomic E-state index is -0.524. The summed E-state index contributed by atoms with van der Waals surface area (Å²) in [4.78, 5) is 31.2. The Kier molecular flexibility index (Phi) is 14.3. The van der Waals surface area contributed by atoms with Gasteiger partial charge in [-0.05, 0) is 99.3 Å². The Bertz CT molecular complexity index is 1930. The van der Waals surface area contributed by atoms with E-state index in [1.165, 1.54) is 5.56 Å². The van der Waals surface area contributed by atoms with Crippen molar-refractivity contribution in [1.29, 1.82) is 0 Å². The topological polar surface area (TPSA) is 125 Å². The fraction of sp³-hybridized carbons (Fsp3) is 0.325. The number of carbonyl (C=O) groups excluding carboxylic acids is 1. The number of phenols is 1. The summed E-state index contributed by atoms with van der Waals surface area (Å²) >= 11 is 11.8. The molecule has 0 aliphatic heterocycles. The molecule has 3 N–H and O–H groups in total. The minimum absolute atomic E-state index is 0.0204. The molecule has 10 nitrogen and oxygen atoms in total. The lowest BCUT2D eigenvalue weighted by atomic mass is 10.1. The quantitative estimate of drug-likeness (QED) is 0.113. The summed E-state index contributed by atoms with van der Waals surface area (Å²) in [5.41, 5.74) is 6.21. The molecule has 0 fully saturated rings. The van der Waals surface area contributed by atoms with Crippen molar-refractivity contribution in [2.75, 3.05) is 5.32 Å². The van der Waals surface area contributed by atoms with Gasteiger partial charge in [0.15, 0.2) is 0 Å². The van der Waals surface area contributed by atoms with Crippen molar-refractivity contribution in [2.24, 2.45) is 0 Å². The van der Waals surface area contributed by atoms with Crippen molar-refractivity contribution >= 4 is 35.2 Å². The Balaban J connectivity index is 0.000000234. The van der Waals surface area contributed by atoms with Gasteiger partial charge in [-0.3, -0.25) is 0 Å². The van der Waals surface area contributed by atoms with E-state index in [0.717, 1.165) is 40.2 Å². The summed E-state index contributed by atoms with van der Waals surface area (Å²) in [7, 11) is 0. The average Bonchev–Trinajstić information content (AvgIpc) is 3.10. The molecule has 12 heteroatoms. The van der Waals surface area contributed by atoms with Crippen LogP contribution in [0.4, 0.5) is 10.7 Å². The molecular formula is C40H47Cl2N7O3. The first-order chi connectivity index (χ1) is 24.7. The SMILES string of the molecule is CC(C)N(Cc1cccc(-c2ccnc(Cl)n2)c1)C(=O)OC(C)(C)C.CC(C)NCc1cccc(-c2ccnc(NCc3ccc(O)c(Cl)c3)n2)c1. The molecule has 0 saturated heterocycles. The first-order valence-corrected chi connectivity index (χ1v) is 17.9. The fourth-order valence-electron chi connectivity index (χ4n) is 4.91. The summed E-state index contributed by atoms with van der Waals surface area (Å²) in [5.74, 6) is 0.618. The van der Waals surface area contributed by atoms with Crippen LogP contribution in [0.2, 0.25) is 10.3 Å². The molecule has 0 unspecified atom stereocenters. The van der Waals surface area contributed by atoms with Gasteiger partial charge in [0.25, 0.3) is 0 Å². The molecule has 5 rings (SSSR count). The lowest BCUT2D eigenvalue weighted by Crippen LogP contribution is -2.40. The molecule has 0 radical (unpaired) electrons. The van der Waals surface area contributed by atoms with E-state index in [1.807, 2.05) is 83.1 Å². The van der Waals surface area contributed by atoms with Crippen LogP contribution in [0.3, 0.4) is 0 Å². The highest BCUT2D eigenvalue weighted by atomic mass is 35.5. The van der Waals surface area contributed by atoms with Gasteiger partial charge in [0.1, 0.15) is 11.4 Å². The number of rotatable bonds is 11. The Hall–Kier alpha value is -4.77. The predicted octanol–water partition coefficient (Wildman–Crippen LogP) is 9.56. The molecule has 274 valence electrons. The summed E-state index contributed by atoms with van der Waals surface area (Å²) in [6.45, 7) is 15.6. The number of carbonyl (C=O) groups is 1. The van der Waals surface area contributed by atoms with Gasteiger partial charge in [-0.2, -0.15) is 0 Å². The van der Waals surface area contributed by atoms with Crippen LogP contribution in [0.1, 0.15) is 65.2 Å². The maximum Gasteiger partial charge on any atom is 0.410 e. The second-order valence-corrected chi connectivity index (χ2v) is 14.5. The van der Waals surface area contributed by atoms with Gasteiger partial charge in [0, 0.05) is 55.2 Å². The van der Waals surface area contributed by atoms with Crippen molar-refractivity contribution in [2.45, 2.75) is 85.8 Å². The van der Waals surface area contributed by atoms with E-state index >= 15 is 0 Å². The van der Waals surface area contributed by atoms with Crippen LogP contribution < -0.4 is 10.6 Å². The van der Waals surface area contributed by atoms with E-state index in [0.29, 0.717) is 30.1 Å². The standard InChI is InChI=1S/C21H23ClN4O.C19H24ClN3O2/c1-14(2)24-12-15-4-3-5-17(10-15)19-8-9-23-21(26-19)25-13-16-6-7-20(27)18(22)11-16;1-13(2)23(18(24)25-19(3,4)5)12-14-7-6-8-15(11-14)16-9-10-21-17(20)22-16/h3-11,14,24,27H,12-13H2,1-2H3,(H,23,25,26);6-11,13H,12H2,1-5H3. The van der Waals surface area contributed by atoms with Gasteiger partial charge in [0.2, 0.25) is 11.2 Å². The van der Waals surface area contributed by atoms with Crippen LogP contribution in [0, 0.1) is 0 Å². The number of halogens is 2. The number of hydrogen-bond acceptors (Lipinski definition) is 9. The number of nitrogens with one attached hydrogen (secondary N) is 2. The van der Waals surface area contributed by atoms with Gasteiger partial charge < -0.3 is 25.4 Å². The maximum atomic E-state index is 12.5. The van der Waals surface area contributed by atoms with Crippen LogP contribution in [-0.2, 0) is 24.4 Å². The molecule has 0 aliphatic carbocycles. The zero-order chi connectivity index (χ0) is 37.8. The lowest BCUT2D eigenvalue weighted by molar-refractivity contribution is 0.0172. The van der Waals surface area contributed by atoms with Crippen LogP contribution >= 0.6 is 23.2 Å². The predicted molar refractivity (Wildman–Crippen MR) is 209 cm³/mol. The third-order valence-electron chi connectivity index (χ3n) is 7.51. The normalized spacial score (nSPS) is 11.2. The zero-order valence-corrected chi connectivity index (χ0v) is 32.2. The molecule has 0 atom stereocenters. The van der Waals surface area contributed by atoms with E-state index in [4.69, 9.17) is 27.9 Å². The van der Waals surface area contributed by atoms with Gasteiger partial charge >= 0.3 is 6.09 Å². The third-order valence-corrected chi connectivity index (χ3v) is 7.99. The number of amides is 1. The first-order valence-electron chi connectivity index (χ1n) is 17.1. The largest absolute Gasteiger partial charge is 0.506 e. The number of aromatic hydroxyl groups is 1. The molecule has 52 heavy (non-hydrogen) atoms. The summed E-state index contributed by atoms with van der Waals surface area (Å²) < 4.78 is 5.51. The Morgan fingerprint density at radius 1 is 0.808 bits per heavy atom. The summed E-state index contributed by atoms with van der Waals surface area (Å²) in [6.07, 6.45) is 3.05. The summed E-state index contributed by atoms with van der Waals surface area (Å²) in [5, 5.41) is 16.7. The molecule has 0 aliphatic rings. The van der Waals surface area contributed by atoms with E-state index in [-0.39, 0.29) is 23.2 Å². The number of hydrogen-bond donors (Lipinski definition) is 3. The molecule has 0 saturated carbocycles. The lowest BCUT2D eigenvalue weighted by Gasteiger charge is -2.30. The number of benzene rings is 3. The molecule has 5 aromatic rings. The van der Waals surface area contributed by atoms with Crippen molar-refractivity contribution < 1.29 is 14.6 Å². The molecule has 3 aromatic carbocycles. The molecular weight excluding hydrogens is 697 g/mol. The van der Waals surface area contributed by atoms with Gasteiger partial charge in [-0.25, -0.2) is 24.7 Å². The van der Waals surface area contributed by atoms with E-state index < -0.39 is 5.60 Å². The molecule has 0 bridgehead atoms. The minimum Gasteiger partial charge on any atom is -0.506 e.